The van der Waals surface area contributed by atoms with Crippen molar-refractivity contribution in [2.75, 3.05) is 10.6 Å². The van der Waals surface area contributed by atoms with Crippen LogP contribution in [0.5, 0.6) is 0 Å². The monoisotopic (exact) mass is 436 g/mol. The molecule has 0 aliphatic carbocycles. The molecule has 0 saturated heterocycles. The zero-order valence-corrected chi connectivity index (χ0v) is 18.5. The number of rotatable bonds is 5. The second kappa shape index (κ2) is 8.63. The lowest BCUT2D eigenvalue weighted by Crippen LogP contribution is -2.19. The van der Waals surface area contributed by atoms with Crippen LogP contribution >= 0.6 is 0 Å². The summed E-state index contributed by atoms with van der Waals surface area (Å²) < 4.78 is 1.94. The Balaban J connectivity index is 1.41. The summed E-state index contributed by atoms with van der Waals surface area (Å²) in [5.41, 5.74) is 7.39. The number of aromatic nitrogens is 4. The van der Waals surface area contributed by atoms with Gasteiger partial charge in [-0.3, -0.25) is 4.68 Å². The summed E-state index contributed by atoms with van der Waals surface area (Å²) in [5, 5.41) is 11.6. The SMILES string of the molecule is CCn1cc(-c2ccnc3[nH]ccc23)c(-c2ccc(NC(=O)Nc3cccc(C)c3)cc2)n1. The molecule has 0 spiro atoms. The molecule has 5 rings (SSSR count). The van der Waals surface area contributed by atoms with Crippen LogP contribution in [-0.2, 0) is 6.54 Å². The van der Waals surface area contributed by atoms with Gasteiger partial charge in [0, 0.05) is 53.0 Å². The second-order valence-electron chi connectivity index (χ2n) is 7.87. The highest BCUT2D eigenvalue weighted by Gasteiger charge is 2.16. The van der Waals surface area contributed by atoms with Gasteiger partial charge in [0.05, 0.1) is 0 Å². The number of amides is 2. The molecule has 3 aromatic heterocycles. The molecule has 0 aliphatic rings. The van der Waals surface area contributed by atoms with E-state index >= 15 is 0 Å². The van der Waals surface area contributed by atoms with E-state index in [2.05, 4.69) is 33.7 Å². The Labute approximate surface area is 191 Å². The highest BCUT2D eigenvalue weighted by Crippen LogP contribution is 2.35. The number of pyridine rings is 1. The smallest absolute Gasteiger partial charge is 0.323 e. The maximum absolute atomic E-state index is 12.4. The van der Waals surface area contributed by atoms with Crippen LogP contribution in [0.3, 0.4) is 0 Å². The molecule has 0 unspecified atom stereocenters. The molecule has 33 heavy (non-hydrogen) atoms. The fourth-order valence-electron chi connectivity index (χ4n) is 3.92. The van der Waals surface area contributed by atoms with Gasteiger partial charge >= 0.3 is 6.03 Å². The first-order valence-corrected chi connectivity index (χ1v) is 10.9. The van der Waals surface area contributed by atoms with Gasteiger partial charge in [-0.25, -0.2) is 9.78 Å². The number of nitrogens with one attached hydrogen (secondary N) is 3. The van der Waals surface area contributed by atoms with Gasteiger partial charge in [0.1, 0.15) is 11.3 Å². The Morgan fingerprint density at radius 3 is 2.61 bits per heavy atom. The maximum Gasteiger partial charge on any atom is 0.323 e. The van der Waals surface area contributed by atoms with E-state index in [0.29, 0.717) is 5.69 Å². The van der Waals surface area contributed by atoms with Crippen molar-refractivity contribution >= 4 is 28.4 Å². The third-order valence-electron chi connectivity index (χ3n) is 5.53. The Hall–Kier alpha value is -4.39. The predicted octanol–water partition coefficient (Wildman–Crippen LogP) is 6.07. The summed E-state index contributed by atoms with van der Waals surface area (Å²) in [6, 6.07) is 19.2. The Morgan fingerprint density at radius 2 is 1.82 bits per heavy atom. The molecule has 0 atom stereocenters. The molecule has 7 nitrogen and oxygen atoms in total. The van der Waals surface area contributed by atoms with Crippen molar-refractivity contribution in [2.24, 2.45) is 0 Å². The molecule has 3 heterocycles. The van der Waals surface area contributed by atoms with Crippen molar-refractivity contribution in [3.05, 3.63) is 84.8 Å². The largest absolute Gasteiger partial charge is 0.346 e. The number of urea groups is 1. The summed E-state index contributed by atoms with van der Waals surface area (Å²) in [4.78, 5) is 20.0. The van der Waals surface area contributed by atoms with Gasteiger partial charge in [-0.15, -0.1) is 0 Å². The van der Waals surface area contributed by atoms with Gasteiger partial charge < -0.3 is 15.6 Å². The summed E-state index contributed by atoms with van der Waals surface area (Å²) in [6.07, 6.45) is 5.77. The normalized spacial score (nSPS) is 11.0. The van der Waals surface area contributed by atoms with Gasteiger partial charge in [0.2, 0.25) is 0 Å². The van der Waals surface area contributed by atoms with Crippen LogP contribution in [0.15, 0.2) is 79.3 Å². The predicted molar refractivity (Wildman–Crippen MR) is 132 cm³/mol. The van der Waals surface area contributed by atoms with Gasteiger partial charge in [-0.05, 0) is 61.4 Å². The number of fused-ring (bicyclic) bond motifs is 1. The second-order valence-corrected chi connectivity index (χ2v) is 7.87. The molecule has 3 N–H and O–H groups in total. The first-order chi connectivity index (χ1) is 16.1. The summed E-state index contributed by atoms with van der Waals surface area (Å²) in [6.45, 7) is 4.83. The number of carbonyl (C=O) groups is 1. The summed E-state index contributed by atoms with van der Waals surface area (Å²) in [7, 11) is 0. The summed E-state index contributed by atoms with van der Waals surface area (Å²) >= 11 is 0. The van der Waals surface area contributed by atoms with Crippen molar-refractivity contribution in [2.45, 2.75) is 20.4 Å². The molecule has 164 valence electrons. The molecule has 0 radical (unpaired) electrons. The molecule has 2 aromatic carbocycles. The lowest BCUT2D eigenvalue weighted by molar-refractivity contribution is 0.262. The fraction of sp³-hybridized carbons (Fsp3) is 0.115. The standard InChI is InChI=1S/C26H24N6O/c1-3-32-16-23(21-11-13-27-25-22(21)12-14-28-25)24(31-32)18-7-9-19(10-8-18)29-26(33)30-20-6-4-5-17(2)15-20/h4-16H,3H2,1-2H3,(H,27,28)(H2,29,30,33). The first kappa shape index (κ1) is 20.5. The summed E-state index contributed by atoms with van der Waals surface area (Å²) in [5.74, 6) is 0. The molecule has 0 fully saturated rings. The van der Waals surface area contributed by atoms with Crippen LogP contribution in [0.2, 0.25) is 0 Å². The van der Waals surface area contributed by atoms with Crippen LogP contribution in [-0.4, -0.2) is 25.8 Å². The third kappa shape index (κ3) is 4.21. The van der Waals surface area contributed by atoms with E-state index in [4.69, 9.17) is 5.10 Å². The van der Waals surface area contributed by atoms with Crippen LogP contribution in [0.25, 0.3) is 33.4 Å². The van der Waals surface area contributed by atoms with Crippen molar-refractivity contribution in [1.29, 1.82) is 0 Å². The van der Waals surface area contributed by atoms with E-state index < -0.39 is 0 Å². The van der Waals surface area contributed by atoms with Gasteiger partial charge in [0.25, 0.3) is 0 Å². The number of nitrogens with zero attached hydrogens (tertiary/aromatic N) is 3. The van der Waals surface area contributed by atoms with E-state index in [1.807, 2.05) is 78.5 Å². The van der Waals surface area contributed by atoms with Gasteiger partial charge in [-0.2, -0.15) is 5.10 Å². The number of hydrogen-bond donors (Lipinski definition) is 3. The number of carbonyl (C=O) groups excluding carboxylic acids is 1. The first-order valence-electron chi connectivity index (χ1n) is 10.9. The van der Waals surface area contributed by atoms with Crippen LogP contribution in [0, 0.1) is 6.92 Å². The number of aryl methyl sites for hydroxylation is 2. The molecule has 0 saturated carbocycles. The maximum atomic E-state index is 12.4. The Morgan fingerprint density at radius 1 is 1.00 bits per heavy atom. The molecular formula is C26H24N6O. The van der Waals surface area contributed by atoms with Crippen molar-refractivity contribution in [3.8, 4) is 22.4 Å². The zero-order valence-electron chi connectivity index (χ0n) is 18.5. The average Bonchev–Trinajstić information content (AvgIpc) is 3.46. The molecule has 5 aromatic rings. The van der Waals surface area contributed by atoms with Crippen LogP contribution < -0.4 is 10.6 Å². The number of anilines is 2. The van der Waals surface area contributed by atoms with E-state index in [1.54, 1.807) is 6.20 Å². The Bertz CT molecular complexity index is 1430. The highest BCUT2D eigenvalue weighted by molar-refractivity contribution is 6.00. The topological polar surface area (TPSA) is 87.6 Å². The lowest BCUT2D eigenvalue weighted by Gasteiger charge is -2.09. The van der Waals surface area contributed by atoms with E-state index in [1.165, 1.54) is 0 Å². The van der Waals surface area contributed by atoms with Gasteiger partial charge in [0.15, 0.2) is 0 Å². The van der Waals surface area contributed by atoms with Crippen LogP contribution in [0.1, 0.15) is 12.5 Å². The van der Waals surface area contributed by atoms with Crippen LogP contribution in [0.4, 0.5) is 16.2 Å². The molecule has 7 heteroatoms. The van der Waals surface area contributed by atoms with E-state index in [9.17, 15) is 4.79 Å². The van der Waals surface area contributed by atoms with Crippen molar-refractivity contribution in [3.63, 3.8) is 0 Å². The number of benzene rings is 2. The van der Waals surface area contributed by atoms with E-state index in [-0.39, 0.29) is 6.03 Å². The minimum absolute atomic E-state index is 0.282. The van der Waals surface area contributed by atoms with Crippen molar-refractivity contribution in [1.82, 2.24) is 19.7 Å². The lowest BCUT2D eigenvalue weighted by atomic mass is 10.0. The molecule has 0 aliphatic heterocycles. The zero-order chi connectivity index (χ0) is 22.8. The molecule has 2 amide bonds. The number of hydrogen-bond acceptors (Lipinski definition) is 3. The minimum Gasteiger partial charge on any atom is -0.346 e. The third-order valence-corrected chi connectivity index (χ3v) is 5.53. The van der Waals surface area contributed by atoms with Gasteiger partial charge in [-0.1, -0.05) is 24.3 Å². The Kier molecular flexibility index (Phi) is 5.36. The molecular weight excluding hydrogens is 412 g/mol. The minimum atomic E-state index is -0.282. The highest BCUT2D eigenvalue weighted by atomic mass is 16.2. The van der Waals surface area contributed by atoms with Crippen molar-refractivity contribution < 1.29 is 4.79 Å². The fourth-order valence-corrected chi connectivity index (χ4v) is 3.92. The number of H-pyrrole nitrogens is 1. The van der Waals surface area contributed by atoms with E-state index in [0.717, 1.165) is 51.2 Å². The quantitative estimate of drug-likeness (QED) is 0.313. The average molecular weight is 437 g/mol. The number of aromatic amines is 1. The molecule has 0 bridgehead atoms.